The number of carbonyl (C=O) groups is 2. The Balaban J connectivity index is 0.000000202. The number of nitro benzene ring substituents is 1. The zero-order chi connectivity index (χ0) is 26.4. The van der Waals surface area contributed by atoms with Gasteiger partial charge in [0.15, 0.2) is 0 Å². The van der Waals surface area contributed by atoms with Crippen LogP contribution in [0.25, 0.3) is 22.3 Å². The number of carboxylic acids is 2. The smallest absolute Gasteiger partial charge is 0.352 e. The number of nitrogens with two attached hydrogens (primary N) is 1. The van der Waals surface area contributed by atoms with Crippen LogP contribution in [0.1, 0.15) is 21.0 Å². The summed E-state index contributed by atoms with van der Waals surface area (Å²) in [4.78, 5) is 37.2. The van der Waals surface area contributed by atoms with Gasteiger partial charge in [0.25, 0.3) is 0 Å². The van der Waals surface area contributed by atoms with Gasteiger partial charge in [-0.3, -0.25) is 10.1 Å². The maximum Gasteiger partial charge on any atom is 0.352 e. The standard InChI is InChI=1S/C12H10N2O5.C12H12N2O3/c1-19-11-8(3-2-4-10(11)14(17)18)7-5-9(12(15)16)13-6-7;1-17-11-8(3-2-4-9(11)13)7-5-10(12(15)16)14-6-7/h2-6,13H,1H3,(H,15,16);2-6,14H,13H2,1H3,(H,15,16). The zero-order valence-electron chi connectivity index (χ0n) is 19.1. The number of aromatic carboxylic acids is 2. The lowest BCUT2D eigenvalue weighted by atomic mass is 10.1. The van der Waals surface area contributed by atoms with Crippen molar-refractivity contribution in [1.29, 1.82) is 0 Å². The summed E-state index contributed by atoms with van der Waals surface area (Å²) in [7, 11) is 2.86. The van der Waals surface area contributed by atoms with Crippen LogP contribution in [0.5, 0.6) is 11.5 Å². The van der Waals surface area contributed by atoms with E-state index in [1.807, 2.05) is 6.07 Å². The number of anilines is 1. The van der Waals surface area contributed by atoms with Gasteiger partial charge in [0.1, 0.15) is 17.1 Å². The Labute approximate surface area is 204 Å². The fourth-order valence-corrected chi connectivity index (χ4v) is 3.47. The van der Waals surface area contributed by atoms with Gasteiger partial charge >= 0.3 is 17.6 Å². The monoisotopic (exact) mass is 494 g/mol. The minimum Gasteiger partial charge on any atom is -0.494 e. The van der Waals surface area contributed by atoms with Crippen LogP contribution in [-0.4, -0.2) is 51.3 Å². The lowest BCUT2D eigenvalue weighted by Gasteiger charge is -2.09. The number of H-pyrrole nitrogens is 2. The first-order valence-corrected chi connectivity index (χ1v) is 10.3. The molecule has 2 heterocycles. The van der Waals surface area contributed by atoms with Crippen LogP contribution in [0.15, 0.2) is 60.9 Å². The predicted octanol–water partition coefficient (Wildman–Crippen LogP) is 4.27. The Morgan fingerprint density at radius 1 is 0.861 bits per heavy atom. The number of nitrogen functional groups attached to an aromatic ring is 1. The lowest BCUT2D eigenvalue weighted by Crippen LogP contribution is -1.96. The number of para-hydroxylation sites is 2. The molecule has 2 aromatic carbocycles. The van der Waals surface area contributed by atoms with Crippen molar-refractivity contribution < 1.29 is 34.2 Å². The molecule has 36 heavy (non-hydrogen) atoms. The highest BCUT2D eigenvalue weighted by Crippen LogP contribution is 2.38. The number of nitrogens with zero attached hydrogens (tertiary/aromatic N) is 1. The van der Waals surface area contributed by atoms with Crippen LogP contribution in [-0.2, 0) is 0 Å². The molecule has 0 bridgehead atoms. The molecule has 6 N–H and O–H groups in total. The van der Waals surface area contributed by atoms with Crippen molar-refractivity contribution in [2.75, 3.05) is 20.0 Å². The Hall–Kier alpha value is -5.26. The minimum atomic E-state index is -1.10. The summed E-state index contributed by atoms with van der Waals surface area (Å²) >= 11 is 0. The number of aromatic nitrogens is 2. The van der Waals surface area contributed by atoms with Gasteiger partial charge in [-0.25, -0.2) is 9.59 Å². The van der Waals surface area contributed by atoms with Crippen LogP contribution in [0.3, 0.4) is 0 Å². The maximum absolute atomic E-state index is 10.9. The van der Waals surface area contributed by atoms with E-state index < -0.39 is 16.9 Å². The van der Waals surface area contributed by atoms with Gasteiger partial charge in [-0.15, -0.1) is 0 Å². The number of nitro groups is 1. The second kappa shape index (κ2) is 10.8. The van der Waals surface area contributed by atoms with Crippen LogP contribution < -0.4 is 15.2 Å². The Kier molecular flexibility index (Phi) is 7.59. The quantitative estimate of drug-likeness (QED) is 0.142. The summed E-state index contributed by atoms with van der Waals surface area (Å²) in [6.07, 6.45) is 3.08. The van der Waals surface area contributed by atoms with E-state index >= 15 is 0 Å². The van der Waals surface area contributed by atoms with Gasteiger partial charge in [-0.05, 0) is 18.2 Å². The summed E-state index contributed by atoms with van der Waals surface area (Å²) in [6.45, 7) is 0. The molecule has 0 radical (unpaired) electrons. The lowest BCUT2D eigenvalue weighted by molar-refractivity contribution is -0.385. The normalized spacial score (nSPS) is 10.2. The third kappa shape index (κ3) is 5.28. The Morgan fingerprint density at radius 2 is 1.33 bits per heavy atom. The molecule has 0 atom stereocenters. The second-order valence-electron chi connectivity index (χ2n) is 7.26. The number of nitrogens with one attached hydrogen (secondary N) is 2. The van der Waals surface area contributed by atoms with Crippen molar-refractivity contribution in [2.45, 2.75) is 0 Å². The molecular formula is C24H22N4O8. The maximum atomic E-state index is 10.9. The number of aromatic amines is 2. The van der Waals surface area contributed by atoms with E-state index in [-0.39, 0.29) is 22.8 Å². The van der Waals surface area contributed by atoms with Crippen LogP contribution >= 0.6 is 0 Å². The fraction of sp³-hybridized carbons (Fsp3) is 0.0833. The van der Waals surface area contributed by atoms with Gasteiger partial charge in [0, 0.05) is 40.7 Å². The molecule has 0 aliphatic heterocycles. The average Bonchev–Trinajstić information content (AvgIpc) is 3.54. The van der Waals surface area contributed by atoms with Crippen molar-refractivity contribution >= 4 is 23.3 Å². The van der Waals surface area contributed by atoms with Crippen molar-refractivity contribution in [3.05, 3.63) is 82.4 Å². The molecular weight excluding hydrogens is 472 g/mol. The Morgan fingerprint density at radius 3 is 1.75 bits per heavy atom. The predicted molar refractivity (Wildman–Crippen MR) is 131 cm³/mol. The molecule has 0 unspecified atom stereocenters. The summed E-state index contributed by atoms with van der Waals surface area (Å²) in [5.74, 6) is -1.46. The van der Waals surface area contributed by atoms with E-state index in [4.69, 9.17) is 25.4 Å². The fourth-order valence-electron chi connectivity index (χ4n) is 3.47. The molecule has 12 heteroatoms. The van der Waals surface area contributed by atoms with Gasteiger partial charge in [-0.2, -0.15) is 0 Å². The Bertz CT molecular complexity index is 1420. The van der Waals surface area contributed by atoms with Crippen LogP contribution in [0.2, 0.25) is 0 Å². The molecule has 0 fully saturated rings. The number of ether oxygens (including phenoxy) is 2. The summed E-state index contributed by atoms with van der Waals surface area (Å²) < 4.78 is 10.3. The van der Waals surface area contributed by atoms with E-state index in [1.165, 1.54) is 38.6 Å². The van der Waals surface area contributed by atoms with Gasteiger partial charge in [0.05, 0.1) is 24.8 Å². The molecule has 4 aromatic rings. The van der Waals surface area contributed by atoms with Crippen molar-refractivity contribution in [1.82, 2.24) is 9.97 Å². The van der Waals surface area contributed by atoms with E-state index in [1.54, 1.807) is 30.5 Å². The summed E-state index contributed by atoms with van der Waals surface area (Å²) in [5, 5.41) is 28.6. The number of methoxy groups -OCH3 is 2. The number of carboxylic acid groups (broad SMARTS) is 2. The highest BCUT2D eigenvalue weighted by molar-refractivity contribution is 5.89. The number of benzene rings is 2. The molecule has 0 aliphatic carbocycles. The van der Waals surface area contributed by atoms with E-state index in [9.17, 15) is 19.7 Å². The van der Waals surface area contributed by atoms with Crippen molar-refractivity contribution in [3.8, 4) is 33.8 Å². The molecule has 0 saturated carbocycles. The first-order valence-electron chi connectivity index (χ1n) is 10.3. The number of hydrogen-bond acceptors (Lipinski definition) is 7. The summed E-state index contributed by atoms with van der Waals surface area (Å²) in [5.41, 5.74) is 8.72. The first-order chi connectivity index (χ1) is 17.2. The third-order valence-electron chi connectivity index (χ3n) is 5.09. The molecule has 2 aromatic heterocycles. The van der Waals surface area contributed by atoms with Crippen LogP contribution in [0, 0.1) is 10.1 Å². The molecule has 12 nitrogen and oxygen atoms in total. The highest BCUT2D eigenvalue weighted by atomic mass is 16.6. The molecule has 186 valence electrons. The van der Waals surface area contributed by atoms with E-state index in [0.29, 0.717) is 22.6 Å². The largest absolute Gasteiger partial charge is 0.494 e. The van der Waals surface area contributed by atoms with Gasteiger partial charge in [-0.1, -0.05) is 24.3 Å². The molecule has 0 saturated heterocycles. The van der Waals surface area contributed by atoms with Gasteiger partial charge < -0.3 is 35.4 Å². The van der Waals surface area contributed by atoms with E-state index in [2.05, 4.69) is 9.97 Å². The van der Waals surface area contributed by atoms with Crippen molar-refractivity contribution in [3.63, 3.8) is 0 Å². The van der Waals surface area contributed by atoms with Crippen molar-refractivity contribution in [2.24, 2.45) is 0 Å². The second-order valence-corrected chi connectivity index (χ2v) is 7.26. The molecule has 0 amide bonds. The molecule has 0 spiro atoms. The topological polar surface area (TPSA) is 194 Å². The SMILES string of the molecule is COc1c(-c2c[nH]c(C(=O)O)c2)cccc1[N+](=O)[O-].COc1c(N)cccc1-c1c[nH]c(C(=O)O)c1. The molecule has 0 aliphatic rings. The third-order valence-corrected chi connectivity index (χ3v) is 5.09. The van der Waals surface area contributed by atoms with Gasteiger partial charge in [0.2, 0.25) is 5.75 Å². The average molecular weight is 494 g/mol. The van der Waals surface area contributed by atoms with E-state index in [0.717, 1.165) is 11.1 Å². The minimum absolute atomic E-state index is 0.00330. The zero-order valence-corrected chi connectivity index (χ0v) is 19.1. The van der Waals surface area contributed by atoms with Crippen LogP contribution in [0.4, 0.5) is 11.4 Å². The highest BCUT2D eigenvalue weighted by Gasteiger charge is 2.20. The molecule has 4 rings (SSSR count). The first kappa shape index (κ1) is 25.4. The number of hydrogen-bond donors (Lipinski definition) is 5. The number of rotatable bonds is 7. The summed E-state index contributed by atoms with van der Waals surface area (Å²) in [6, 6.07) is 12.7.